The maximum Gasteiger partial charge on any atom is 0.389 e. The van der Waals surface area contributed by atoms with Crippen LogP contribution in [0.1, 0.15) is 52.4 Å². The molecule has 0 aromatic carbocycles. The van der Waals surface area contributed by atoms with Gasteiger partial charge in [-0.1, -0.05) is 26.7 Å². The third-order valence-corrected chi connectivity index (χ3v) is 3.75. The summed E-state index contributed by atoms with van der Waals surface area (Å²) in [6, 6.07) is 0.0457. The summed E-state index contributed by atoms with van der Waals surface area (Å²) in [6.07, 6.45) is 0.113. The van der Waals surface area contributed by atoms with Crippen molar-refractivity contribution in [1.29, 1.82) is 0 Å². The van der Waals surface area contributed by atoms with Crippen LogP contribution in [-0.4, -0.2) is 18.8 Å². The number of nitrogens with one attached hydrogen (secondary N) is 1. The Hall–Kier alpha value is -0.250. The lowest BCUT2D eigenvalue weighted by molar-refractivity contribution is -0.137. The van der Waals surface area contributed by atoms with Crippen LogP contribution >= 0.6 is 0 Å². The van der Waals surface area contributed by atoms with Gasteiger partial charge in [-0.25, -0.2) is 0 Å². The van der Waals surface area contributed by atoms with Gasteiger partial charge in [0.05, 0.1) is 0 Å². The zero-order valence-corrected chi connectivity index (χ0v) is 10.8. The summed E-state index contributed by atoms with van der Waals surface area (Å²) in [6.45, 7) is 4.93. The number of alkyl halides is 3. The molecule has 1 aliphatic carbocycles. The highest BCUT2D eigenvalue weighted by molar-refractivity contribution is 4.81. The summed E-state index contributed by atoms with van der Waals surface area (Å²) >= 11 is 0. The standard InChI is InChI=1S/C13H24F3N/c1-3-17-12(7-8-13(14,15)16)11-6-4-5-10(2)9-11/h10-12,17H,3-9H2,1-2H3. The minimum atomic E-state index is -4.02. The number of hydrogen-bond donors (Lipinski definition) is 1. The predicted molar refractivity (Wildman–Crippen MR) is 63.9 cm³/mol. The van der Waals surface area contributed by atoms with Crippen LogP contribution in [-0.2, 0) is 0 Å². The Morgan fingerprint density at radius 2 is 2.00 bits per heavy atom. The predicted octanol–water partition coefficient (Wildman–Crippen LogP) is 4.13. The van der Waals surface area contributed by atoms with E-state index in [1.807, 2.05) is 6.92 Å². The van der Waals surface area contributed by atoms with Crippen molar-refractivity contribution >= 4 is 0 Å². The van der Waals surface area contributed by atoms with Crippen molar-refractivity contribution in [2.24, 2.45) is 11.8 Å². The maximum atomic E-state index is 12.3. The van der Waals surface area contributed by atoms with E-state index in [0.29, 0.717) is 11.8 Å². The molecule has 0 aromatic heterocycles. The molecule has 1 saturated carbocycles. The minimum absolute atomic E-state index is 0.0457. The second-order valence-electron chi connectivity index (χ2n) is 5.35. The van der Waals surface area contributed by atoms with Crippen LogP contribution in [0.15, 0.2) is 0 Å². The number of hydrogen-bond acceptors (Lipinski definition) is 1. The molecule has 0 aromatic rings. The molecule has 1 fully saturated rings. The van der Waals surface area contributed by atoms with Crippen molar-refractivity contribution in [3.63, 3.8) is 0 Å². The van der Waals surface area contributed by atoms with E-state index in [9.17, 15) is 13.2 Å². The van der Waals surface area contributed by atoms with Crippen molar-refractivity contribution in [1.82, 2.24) is 5.32 Å². The molecule has 1 nitrogen and oxygen atoms in total. The van der Waals surface area contributed by atoms with Crippen LogP contribution in [0.25, 0.3) is 0 Å². The van der Waals surface area contributed by atoms with Gasteiger partial charge in [0.1, 0.15) is 0 Å². The number of halogens is 3. The second-order valence-corrected chi connectivity index (χ2v) is 5.35. The lowest BCUT2D eigenvalue weighted by atomic mass is 9.77. The molecule has 4 heteroatoms. The average Bonchev–Trinajstić information content (AvgIpc) is 2.23. The molecule has 1 rings (SSSR count). The fourth-order valence-electron chi connectivity index (χ4n) is 2.93. The summed E-state index contributed by atoms with van der Waals surface area (Å²) in [5.41, 5.74) is 0. The maximum absolute atomic E-state index is 12.3. The van der Waals surface area contributed by atoms with Crippen molar-refractivity contribution in [3.05, 3.63) is 0 Å². The zero-order chi connectivity index (χ0) is 12.9. The van der Waals surface area contributed by atoms with Gasteiger partial charge in [0.25, 0.3) is 0 Å². The van der Waals surface area contributed by atoms with Gasteiger partial charge in [-0.15, -0.1) is 0 Å². The van der Waals surface area contributed by atoms with Crippen molar-refractivity contribution < 1.29 is 13.2 Å². The van der Waals surface area contributed by atoms with E-state index in [1.54, 1.807) is 0 Å². The van der Waals surface area contributed by atoms with Gasteiger partial charge < -0.3 is 5.32 Å². The first-order valence-corrected chi connectivity index (χ1v) is 6.72. The van der Waals surface area contributed by atoms with E-state index in [1.165, 1.54) is 12.8 Å². The topological polar surface area (TPSA) is 12.0 Å². The normalized spacial score (nSPS) is 28.1. The lowest BCUT2D eigenvalue weighted by Gasteiger charge is -2.34. The first-order chi connectivity index (χ1) is 7.92. The Kier molecular flexibility index (Phi) is 5.77. The summed E-state index contributed by atoms with van der Waals surface area (Å²) in [4.78, 5) is 0. The molecular weight excluding hydrogens is 227 g/mol. The van der Waals surface area contributed by atoms with E-state index < -0.39 is 12.6 Å². The van der Waals surface area contributed by atoms with E-state index in [-0.39, 0.29) is 12.5 Å². The molecule has 1 N–H and O–H groups in total. The minimum Gasteiger partial charge on any atom is -0.314 e. The zero-order valence-electron chi connectivity index (χ0n) is 10.8. The van der Waals surface area contributed by atoms with Crippen molar-refractivity contribution in [2.75, 3.05) is 6.54 Å². The van der Waals surface area contributed by atoms with Gasteiger partial charge in [0.2, 0.25) is 0 Å². The van der Waals surface area contributed by atoms with Crippen molar-refractivity contribution in [3.8, 4) is 0 Å². The van der Waals surface area contributed by atoms with Crippen molar-refractivity contribution in [2.45, 2.75) is 64.6 Å². The summed E-state index contributed by atoms with van der Waals surface area (Å²) in [5.74, 6) is 1.10. The van der Waals surface area contributed by atoms with Crippen LogP contribution in [0, 0.1) is 11.8 Å². The lowest BCUT2D eigenvalue weighted by Crippen LogP contribution is -2.39. The van der Waals surface area contributed by atoms with Gasteiger partial charge in [-0.05, 0) is 37.6 Å². The molecule has 0 spiro atoms. The third-order valence-electron chi connectivity index (χ3n) is 3.75. The summed E-state index contributed by atoms with van der Waals surface area (Å²) in [5, 5.41) is 3.25. The first-order valence-electron chi connectivity index (χ1n) is 6.72. The van der Waals surface area contributed by atoms with E-state index in [2.05, 4.69) is 12.2 Å². The Bertz CT molecular complexity index is 215. The SMILES string of the molecule is CCNC(CCC(F)(F)F)C1CCCC(C)C1. The monoisotopic (exact) mass is 251 g/mol. The highest BCUT2D eigenvalue weighted by atomic mass is 19.4. The molecule has 0 amide bonds. The van der Waals surface area contributed by atoms with Crippen LogP contribution in [0.4, 0.5) is 13.2 Å². The Morgan fingerprint density at radius 3 is 2.53 bits per heavy atom. The molecule has 0 aliphatic heterocycles. The average molecular weight is 251 g/mol. The van der Waals surface area contributed by atoms with Crippen LogP contribution in [0.3, 0.4) is 0 Å². The van der Waals surface area contributed by atoms with E-state index in [0.717, 1.165) is 19.4 Å². The molecule has 3 unspecified atom stereocenters. The molecule has 1 aliphatic rings. The molecule has 17 heavy (non-hydrogen) atoms. The van der Waals surface area contributed by atoms with E-state index >= 15 is 0 Å². The quantitative estimate of drug-likeness (QED) is 0.774. The first kappa shape index (κ1) is 14.8. The smallest absolute Gasteiger partial charge is 0.314 e. The molecular formula is C13H24F3N. The number of rotatable bonds is 5. The van der Waals surface area contributed by atoms with Gasteiger partial charge in [0.15, 0.2) is 0 Å². The molecule has 0 heterocycles. The van der Waals surface area contributed by atoms with Crippen LogP contribution < -0.4 is 5.32 Å². The molecule has 3 atom stereocenters. The van der Waals surface area contributed by atoms with Gasteiger partial charge in [-0.3, -0.25) is 0 Å². The molecule has 0 bridgehead atoms. The van der Waals surface area contributed by atoms with E-state index in [4.69, 9.17) is 0 Å². The highest BCUT2D eigenvalue weighted by Gasteiger charge is 2.32. The molecule has 102 valence electrons. The third kappa shape index (κ3) is 5.75. The Labute approximate surface area is 102 Å². The van der Waals surface area contributed by atoms with Gasteiger partial charge in [-0.2, -0.15) is 13.2 Å². The molecule has 0 saturated heterocycles. The largest absolute Gasteiger partial charge is 0.389 e. The van der Waals surface area contributed by atoms with Gasteiger partial charge in [0, 0.05) is 12.5 Å². The second kappa shape index (κ2) is 6.62. The fourth-order valence-corrected chi connectivity index (χ4v) is 2.93. The molecule has 0 radical (unpaired) electrons. The van der Waals surface area contributed by atoms with Crippen LogP contribution in [0.5, 0.6) is 0 Å². The summed E-state index contributed by atoms with van der Waals surface area (Å²) < 4.78 is 36.8. The Balaban J connectivity index is 2.46. The highest BCUT2D eigenvalue weighted by Crippen LogP contribution is 2.33. The fraction of sp³-hybridized carbons (Fsp3) is 1.00. The Morgan fingerprint density at radius 1 is 1.29 bits per heavy atom. The van der Waals surface area contributed by atoms with Crippen LogP contribution in [0.2, 0.25) is 0 Å². The van der Waals surface area contributed by atoms with Gasteiger partial charge >= 0.3 is 6.18 Å². The summed E-state index contributed by atoms with van der Waals surface area (Å²) in [7, 11) is 0.